The minimum atomic E-state index is -3.65. The van der Waals surface area contributed by atoms with E-state index in [1.807, 2.05) is 6.07 Å². The van der Waals surface area contributed by atoms with Crippen molar-refractivity contribution in [3.05, 3.63) is 34.3 Å². The third kappa shape index (κ3) is 4.81. The maximum absolute atomic E-state index is 12.1. The standard InChI is InChI=1S/C15H20BrNO3S/c1-11-5-4-7-12(9-11)15(18)17-21(19,20)10-13-6-2-3-8-14(13)16/h2-3,6,8,11-12H,4-5,7,9-10H2,1H3,(H,17,18). The molecule has 0 saturated heterocycles. The maximum Gasteiger partial charge on any atom is 0.239 e. The van der Waals surface area contributed by atoms with E-state index in [1.165, 1.54) is 0 Å². The molecule has 1 aromatic carbocycles. The van der Waals surface area contributed by atoms with Crippen molar-refractivity contribution in [1.82, 2.24) is 4.72 Å². The van der Waals surface area contributed by atoms with Crippen LogP contribution in [0, 0.1) is 11.8 Å². The van der Waals surface area contributed by atoms with Gasteiger partial charge in [0.2, 0.25) is 15.9 Å². The van der Waals surface area contributed by atoms with Gasteiger partial charge in [-0.3, -0.25) is 9.52 Å². The molecule has 1 aliphatic carbocycles. The molecule has 0 aliphatic heterocycles. The van der Waals surface area contributed by atoms with Gasteiger partial charge in [0.1, 0.15) is 0 Å². The second kappa shape index (κ2) is 6.92. The summed E-state index contributed by atoms with van der Waals surface area (Å²) in [4.78, 5) is 12.1. The molecule has 0 spiro atoms. The SMILES string of the molecule is CC1CCCC(C(=O)NS(=O)(=O)Cc2ccccc2Br)C1. The second-order valence-electron chi connectivity index (χ2n) is 5.79. The van der Waals surface area contributed by atoms with Crippen LogP contribution < -0.4 is 4.72 Å². The summed E-state index contributed by atoms with van der Waals surface area (Å²) in [5.41, 5.74) is 0.648. The maximum atomic E-state index is 12.1. The van der Waals surface area contributed by atoms with Gasteiger partial charge in [0.15, 0.2) is 0 Å². The zero-order chi connectivity index (χ0) is 15.5. The van der Waals surface area contributed by atoms with Gasteiger partial charge in [-0.2, -0.15) is 0 Å². The fraction of sp³-hybridized carbons (Fsp3) is 0.533. The Balaban J connectivity index is 2.00. The Morgan fingerprint density at radius 2 is 2.05 bits per heavy atom. The van der Waals surface area contributed by atoms with E-state index in [1.54, 1.807) is 18.2 Å². The fourth-order valence-corrected chi connectivity index (χ4v) is 4.58. The number of rotatable bonds is 4. The van der Waals surface area contributed by atoms with Crippen LogP contribution in [0.4, 0.5) is 0 Å². The molecule has 0 heterocycles. The monoisotopic (exact) mass is 373 g/mol. The van der Waals surface area contributed by atoms with Gasteiger partial charge in [-0.1, -0.05) is 53.9 Å². The highest BCUT2D eigenvalue weighted by molar-refractivity contribution is 9.10. The minimum absolute atomic E-state index is 0.178. The summed E-state index contributed by atoms with van der Waals surface area (Å²) < 4.78 is 27.2. The van der Waals surface area contributed by atoms with Crippen molar-refractivity contribution in [1.29, 1.82) is 0 Å². The van der Waals surface area contributed by atoms with E-state index in [9.17, 15) is 13.2 Å². The molecule has 2 atom stereocenters. The van der Waals surface area contributed by atoms with Crippen LogP contribution in [0.1, 0.15) is 38.2 Å². The van der Waals surface area contributed by atoms with Gasteiger partial charge in [-0.05, 0) is 30.4 Å². The smallest absolute Gasteiger partial charge is 0.239 e. The molecule has 1 N–H and O–H groups in total. The molecule has 1 amide bonds. The Bertz CT molecular complexity index is 615. The van der Waals surface area contributed by atoms with E-state index in [-0.39, 0.29) is 17.6 Å². The lowest BCUT2D eigenvalue weighted by Crippen LogP contribution is -2.38. The summed E-state index contributed by atoms with van der Waals surface area (Å²) in [6.07, 6.45) is 3.66. The van der Waals surface area contributed by atoms with Crippen LogP contribution >= 0.6 is 15.9 Å². The lowest BCUT2D eigenvalue weighted by Gasteiger charge is -2.25. The van der Waals surface area contributed by atoms with E-state index in [0.717, 1.165) is 30.2 Å². The summed E-state index contributed by atoms with van der Waals surface area (Å²) in [7, 11) is -3.65. The summed E-state index contributed by atoms with van der Waals surface area (Å²) >= 11 is 3.32. The lowest BCUT2D eigenvalue weighted by atomic mass is 9.82. The highest BCUT2D eigenvalue weighted by Crippen LogP contribution is 2.29. The minimum Gasteiger partial charge on any atom is -0.274 e. The first-order chi connectivity index (χ1) is 9.87. The molecule has 6 heteroatoms. The highest BCUT2D eigenvalue weighted by Gasteiger charge is 2.28. The molecular formula is C15H20BrNO3S. The van der Waals surface area contributed by atoms with E-state index >= 15 is 0 Å². The summed E-state index contributed by atoms with van der Waals surface area (Å²) in [5, 5.41) is 0. The van der Waals surface area contributed by atoms with Gasteiger partial charge in [0.25, 0.3) is 0 Å². The first-order valence-electron chi connectivity index (χ1n) is 7.15. The Labute approximate surface area is 134 Å². The number of amides is 1. The molecule has 0 aromatic heterocycles. The Kier molecular flexibility index (Phi) is 5.43. The second-order valence-corrected chi connectivity index (χ2v) is 8.36. The molecular weight excluding hydrogens is 354 g/mol. The number of carbonyl (C=O) groups is 1. The van der Waals surface area contributed by atoms with Crippen LogP contribution in [0.15, 0.2) is 28.7 Å². The molecule has 1 fully saturated rings. The van der Waals surface area contributed by atoms with Crippen molar-refractivity contribution in [2.45, 2.75) is 38.4 Å². The first-order valence-corrected chi connectivity index (χ1v) is 9.59. The van der Waals surface area contributed by atoms with Crippen LogP contribution in [-0.4, -0.2) is 14.3 Å². The van der Waals surface area contributed by atoms with Crippen molar-refractivity contribution in [3.63, 3.8) is 0 Å². The van der Waals surface area contributed by atoms with Crippen LogP contribution in [-0.2, 0) is 20.6 Å². The van der Waals surface area contributed by atoms with Gasteiger partial charge < -0.3 is 0 Å². The predicted octanol–water partition coefficient (Wildman–Crippen LogP) is 3.22. The van der Waals surface area contributed by atoms with Crippen LogP contribution in [0.5, 0.6) is 0 Å². The summed E-state index contributed by atoms with van der Waals surface area (Å²) in [6.45, 7) is 2.11. The largest absolute Gasteiger partial charge is 0.274 e. The number of hydrogen-bond acceptors (Lipinski definition) is 3. The van der Waals surface area contributed by atoms with Crippen LogP contribution in [0.25, 0.3) is 0 Å². The van der Waals surface area contributed by atoms with E-state index < -0.39 is 10.0 Å². The normalized spacial score (nSPS) is 22.8. The third-order valence-corrected chi connectivity index (χ3v) is 5.84. The molecule has 1 aliphatic rings. The number of benzene rings is 1. The molecule has 116 valence electrons. The molecule has 1 saturated carbocycles. The van der Waals surface area contributed by atoms with Crippen LogP contribution in [0.3, 0.4) is 0 Å². The van der Waals surface area contributed by atoms with Gasteiger partial charge in [-0.25, -0.2) is 8.42 Å². The number of nitrogens with one attached hydrogen (secondary N) is 1. The zero-order valence-corrected chi connectivity index (χ0v) is 14.4. The molecule has 2 unspecified atom stereocenters. The summed E-state index contributed by atoms with van der Waals surface area (Å²) in [5.74, 6) is -0.237. The van der Waals surface area contributed by atoms with E-state index in [4.69, 9.17) is 0 Å². The Morgan fingerprint density at radius 1 is 1.33 bits per heavy atom. The number of hydrogen-bond donors (Lipinski definition) is 1. The average molecular weight is 374 g/mol. The topological polar surface area (TPSA) is 63.2 Å². The van der Waals surface area contributed by atoms with Crippen molar-refractivity contribution in [3.8, 4) is 0 Å². The van der Waals surface area contributed by atoms with E-state index in [0.29, 0.717) is 11.5 Å². The fourth-order valence-electron chi connectivity index (χ4n) is 2.77. The van der Waals surface area contributed by atoms with Gasteiger partial charge in [0.05, 0.1) is 5.75 Å². The number of carbonyl (C=O) groups excluding carboxylic acids is 1. The first kappa shape index (κ1) is 16.5. The predicted molar refractivity (Wildman–Crippen MR) is 86.0 cm³/mol. The van der Waals surface area contributed by atoms with Crippen molar-refractivity contribution >= 4 is 31.9 Å². The van der Waals surface area contributed by atoms with Gasteiger partial charge >= 0.3 is 0 Å². The van der Waals surface area contributed by atoms with Crippen molar-refractivity contribution in [2.75, 3.05) is 0 Å². The van der Waals surface area contributed by atoms with E-state index in [2.05, 4.69) is 27.6 Å². The zero-order valence-electron chi connectivity index (χ0n) is 12.0. The van der Waals surface area contributed by atoms with Gasteiger partial charge in [-0.15, -0.1) is 0 Å². The highest BCUT2D eigenvalue weighted by atomic mass is 79.9. The summed E-state index contributed by atoms with van der Waals surface area (Å²) in [6, 6.07) is 7.12. The average Bonchev–Trinajstić information content (AvgIpc) is 2.40. The molecule has 4 nitrogen and oxygen atoms in total. The molecule has 21 heavy (non-hydrogen) atoms. The van der Waals surface area contributed by atoms with Crippen LogP contribution in [0.2, 0.25) is 0 Å². The Hall–Kier alpha value is -0.880. The molecule has 1 aromatic rings. The van der Waals surface area contributed by atoms with Gasteiger partial charge in [0, 0.05) is 10.4 Å². The number of sulfonamides is 1. The lowest BCUT2D eigenvalue weighted by molar-refractivity contribution is -0.124. The Morgan fingerprint density at radius 3 is 2.71 bits per heavy atom. The quantitative estimate of drug-likeness (QED) is 0.880. The van der Waals surface area contributed by atoms with Crippen molar-refractivity contribution < 1.29 is 13.2 Å². The third-order valence-electron chi connectivity index (χ3n) is 3.87. The molecule has 2 rings (SSSR count). The molecule has 0 radical (unpaired) electrons. The van der Waals surface area contributed by atoms with Crippen molar-refractivity contribution in [2.24, 2.45) is 11.8 Å². The molecule has 0 bridgehead atoms. The number of halogens is 1.